The molecule has 0 spiro atoms. The van der Waals surface area contributed by atoms with Crippen LogP contribution in [0.1, 0.15) is 11.1 Å². The maximum absolute atomic E-state index is 11.8. The molecular formula is C18H19ClN2O4. The third-order valence-electron chi connectivity index (χ3n) is 3.32. The first-order valence-electron chi connectivity index (χ1n) is 7.60. The van der Waals surface area contributed by atoms with Crippen molar-refractivity contribution in [2.75, 3.05) is 19.0 Å². The van der Waals surface area contributed by atoms with Gasteiger partial charge >= 0.3 is 6.09 Å². The van der Waals surface area contributed by atoms with Gasteiger partial charge in [0.2, 0.25) is 5.91 Å². The van der Waals surface area contributed by atoms with Crippen molar-refractivity contribution >= 4 is 29.3 Å². The smallest absolute Gasteiger partial charge is 0.411 e. The van der Waals surface area contributed by atoms with Gasteiger partial charge in [0, 0.05) is 17.3 Å². The summed E-state index contributed by atoms with van der Waals surface area (Å²) in [4.78, 5) is 22.9. The number of carbonyl (C=O) groups excluding carboxylic acids is 2. The zero-order valence-corrected chi connectivity index (χ0v) is 14.5. The number of ether oxygens (including phenoxy) is 2. The Hall–Kier alpha value is -2.57. The van der Waals surface area contributed by atoms with Crippen molar-refractivity contribution in [3.63, 3.8) is 0 Å². The van der Waals surface area contributed by atoms with Crippen LogP contribution in [0.4, 0.5) is 10.5 Å². The van der Waals surface area contributed by atoms with E-state index in [9.17, 15) is 9.59 Å². The fourth-order valence-electron chi connectivity index (χ4n) is 2.00. The monoisotopic (exact) mass is 362 g/mol. The largest absolute Gasteiger partial charge is 0.453 e. The number of nitrogens with one attached hydrogen (secondary N) is 2. The SMILES string of the molecule is COC(=O)Nc1ccc(CNC(=O)COCc2ccccc2Cl)cc1. The van der Waals surface area contributed by atoms with Gasteiger partial charge in [0.25, 0.3) is 0 Å². The molecule has 0 aliphatic carbocycles. The van der Waals surface area contributed by atoms with E-state index < -0.39 is 6.09 Å². The van der Waals surface area contributed by atoms with Crippen molar-refractivity contribution in [1.82, 2.24) is 5.32 Å². The molecule has 0 heterocycles. The van der Waals surface area contributed by atoms with Gasteiger partial charge < -0.3 is 14.8 Å². The topological polar surface area (TPSA) is 76.7 Å². The number of amides is 2. The third kappa shape index (κ3) is 6.45. The zero-order chi connectivity index (χ0) is 18.1. The number of hydrogen-bond donors (Lipinski definition) is 2. The Morgan fingerprint density at radius 2 is 1.80 bits per heavy atom. The minimum absolute atomic E-state index is 0.0484. The summed E-state index contributed by atoms with van der Waals surface area (Å²) in [6, 6.07) is 14.4. The highest BCUT2D eigenvalue weighted by molar-refractivity contribution is 6.31. The Bertz CT molecular complexity index is 719. The predicted molar refractivity (Wildman–Crippen MR) is 95.4 cm³/mol. The Morgan fingerprint density at radius 3 is 2.48 bits per heavy atom. The standard InChI is InChI=1S/C18H19ClN2O4/c1-24-18(23)21-15-8-6-13(7-9-15)10-20-17(22)12-25-11-14-4-2-3-5-16(14)19/h2-9H,10-12H2,1H3,(H,20,22)(H,21,23). The lowest BCUT2D eigenvalue weighted by atomic mass is 10.2. The molecule has 0 aliphatic rings. The van der Waals surface area contributed by atoms with Crippen LogP contribution in [0, 0.1) is 0 Å². The van der Waals surface area contributed by atoms with Crippen molar-refractivity contribution in [2.24, 2.45) is 0 Å². The Balaban J connectivity index is 1.71. The van der Waals surface area contributed by atoms with Gasteiger partial charge in [-0.15, -0.1) is 0 Å². The molecule has 0 saturated carbocycles. The molecule has 7 heteroatoms. The molecule has 0 radical (unpaired) electrons. The molecule has 0 atom stereocenters. The second kappa shape index (κ2) is 9.66. The third-order valence-corrected chi connectivity index (χ3v) is 3.69. The Kier molecular flexibility index (Phi) is 7.25. The van der Waals surface area contributed by atoms with Crippen LogP contribution in [0.3, 0.4) is 0 Å². The summed E-state index contributed by atoms with van der Waals surface area (Å²) in [5.41, 5.74) is 2.35. The van der Waals surface area contributed by atoms with Gasteiger partial charge in [0.05, 0.1) is 13.7 Å². The number of hydrogen-bond acceptors (Lipinski definition) is 4. The number of anilines is 1. The van der Waals surface area contributed by atoms with E-state index in [0.717, 1.165) is 11.1 Å². The second-order valence-corrected chi connectivity index (χ2v) is 5.58. The van der Waals surface area contributed by atoms with Gasteiger partial charge in [0.1, 0.15) is 6.61 Å². The van der Waals surface area contributed by atoms with Crippen molar-refractivity contribution in [1.29, 1.82) is 0 Å². The molecular weight excluding hydrogens is 344 g/mol. The Morgan fingerprint density at radius 1 is 1.08 bits per heavy atom. The molecule has 2 amide bonds. The van der Waals surface area contributed by atoms with Gasteiger partial charge in [-0.3, -0.25) is 10.1 Å². The summed E-state index contributed by atoms with van der Waals surface area (Å²) < 4.78 is 9.88. The van der Waals surface area contributed by atoms with E-state index in [1.807, 2.05) is 18.2 Å². The minimum atomic E-state index is -0.531. The lowest BCUT2D eigenvalue weighted by molar-refractivity contribution is -0.126. The molecule has 25 heavy (non-hydrogen) atoms. The van der Waals surface area contributed by atoms with Gasteiger partial charge in [-0.25, -0.2) is 4.79 Å². The van der Waals surface area contributed by atoms with E-state index in [1.165, 1.54) is 7.11 Å². The summed E-state index contributed by atoms with van der Waals surface area (Å²) in [6.07, 6.45) is -0.531. The number of methoxy groups -OCH3 is 1. The summed E-state index contributed by atoms with van der Waals surface area (Å²) in [6.45, 7) is 0.598. The van der Waals surface area contributed by atoms with Crippen LogP contribution in [0.2, 0.25) is 5.02 Å². The van der Waals surface area contributed by atoms with Crippen molar-refractivity contribution in [3.05, 3.63) is 64.7 Å². The summed E-state index contributed by atoms with van der Waals surface area (Å²) in [5.74, 6) is -0.219. The first-order chi connectivity index (χ1) is 12.1. The molecule has 0 unspecified atom stereocenters. The van der Waals surface area contributed by atoms with E-state index >= 15 is 0 Å². The predicted octanol–water partition coefficient (Wildman–Crippen LogP) is 3.35. The maximum Gasteiger partial charge on any atom is 0.411 e. The van der Waals surface area contributed by atoms with E-state index in [4.69, 9.17) is 16.3 Å². The number of halogens is 1. The Labute approximate surface area is 151 Å². The van der Waals surface area contributed by atoms with Crippen LogP contribution >= 0.6 is 11.6 Å². The fourth-order valence-corrected chi connectivity index (χ4v) is 2.19. The van der Waals surface area contributed by atoms with E-state index in [0.29, 0.717) is 17.3 Å². The van der Waals surface area contributed by atoms with E-state index in [2.05, 4.69) is 15.4 Å². The fraction of sp³-hybridized carbons (Fsp3) is 0.222. The van der Waals surface area contributed by atoms with Crippen LogP contribution in [0.25, 0.3) is 0 Å². The highest BCUT2D eigenvalue weighted by Crippen LogP contribution is 2.15. The van der Waals surface area contributed by atoms with Crippen LogP contribution in [0.15, 0.2) is 48.5 Å². The summed E-state index contributed by atoms with van der Waals surface area (Å²) in [5, 5.41) is 5.93. The van der Waals surface area contributed by atoms with Gasteiger partial charge in [0.15, 0.2) is 0 Å². The van der Waals surface area contributed by atoms with E-state index in [-0.39, 0.29) is 19.1 Å². The van der Waals surface area contributed by atoms with Crippen molar-refractivity contribution in [2.45, 2.75) is 13.2 Å². The van der Waals surface area contributed by atoms with Crippen molar-refractivity contribution < 1.29 is 19.1 Å². The number of rotatable bonds is 7. The zero-order valence-electron chi connectivity index (χ0n) is 13.8. The molecule has 2 aromatic rings. The van der Waals surface area contributed by atoms with Crippen molar-refractivity contribution in [3.8, 4) is 0 Å². The summed E-state index contributed by atoms with van der Waals surface area (Å²) in [7, 11) is 1.30. The minimum Gasteiger partial charge on any atom is -0.453 e. The molecule has 6 nitrogen and oxygen atoms in total. The van der Waals surface area contributed by atoms with E-state index in [1.54, 1.807) is 30.3 Å². The highest BCUT2D eigenvalue weighted by atomic mass is 35.5. The molecule has 2 rings (SSSR count). The molecule has 0 fully saturated rings. The maximum atomic E-state index is 11.8. The highest BCUT2D eigenvalue weighted by Gasteiger charge is 2.05. The molecule has 132 valence electrons. The molecule has 0 aromatic heterocycles. The quantitative estimate of drug-likeness (QED) is 0.791. The molecule has 2 aromatic carbocycles. The first kappa shape index (κ1) is 18.8. The average Bonchev–Trinajstić information content (AvgIpc) is 2.62. The van der Waals surface area contributed by atoms with Crippen LogP contribution in [-0.2, 0) is 27.4 Å². The van der Waals surface area contributed by atoms with Crippen LogP contribution < -0.4 is 10.6 Å². The average molecular weight is 363 g/mol. The lowest BCUT2D eigenvalue weighted by Crippen LogP contribution is -2.27. The second-order valence-electron chi connectivity index (χ2n) is 5.17. The molecule has 0 aliphatic heterocycles. The van der Waals surface area contributed by atoms with Crippen LogP contribution in [-0.4, -0.2) is 25.7 Å². The molecule has 0 saturated heterocycles. The molecule has 2 N–H and O–H groups in total. The van der Waals surface area contributed by atoms with Gasteiger partial charge in [-0.1, -0.05) is 41.9 Å². The number of carbonyl (C=O) groups is 2. The van der Waals surface area contributed by atoms with Gasteiger partial charge in [-0.2, -0.15) is 0 Å². The van der Waals surface area contributed by atoms with Gasteiger partial charge in [-0.05, 0) is 29.3 Å². The number of benzene rings is 2. The van der Waals surface area contributed by atoms with Crippen LogP contribution in [0.5, 0.6) is 0 Å². The summed E-state index contributed by atoms with van der Waals surface area (Å²) >= 11 is 6.02. The lowest BCUT2D eigenvalue weighted by Gasteiger charge is -2.08. The first-order valence-corrected chi connectivity index (χ1v) is 7.98. The normalized spacial score (nSPS) is 10.2. The molecule has 0 bridgehead atoms.